The maximum Gasteiger partial charge on any atom is 0.416 e. The third kappa shape index (κ3) is 7.35. The van der Waals surface area contributed by atoms with Crippen molar-refractivity contribution in [3.8, 4) is 0 Å². The predicted octanol–water partition coefficient (Wildman–Crippen LogP) is 4.90. The molecule has 1 amide bonds. The summed E-state index contributed by atoms with van der Waals surface area (Å²) in [6, 6.07) is 5.89. The smallest absolute Gasteiger partial charge is 0.372 e. The van der Waals surface area contributed by atoms with Crippen LogP contribution in [0.2, 0.25) is 0 Å². The molecule has 31 heavy (non-hydrogen) atoms. The number of ether oxygens (including phenoxy) is 1. The molecule has 0 saturated heterocycles. The number of nitrogens with one attached hydrogen (secondary N) is 1. The lowest BCUT2D eigenvalue weighted by molar-refractivity contribution is -0.137. The molecule has 1 aromatic carbocycles. The molecular weight excluding hydrogens is 405 g/mol. The molecule has 0 aromatic heterocycles. The van der Waals surface area contributed by atoms with Gasteiger partial charge in [-0.1, -0.05) is 18.2 Å². The lowest BCUT2D eigenvalue weighted by atomic mass is 9.84. The van der Waals surface area contributed by atoms with E-state index in [1.807, 2.05) is 6.92 Å². The van der Waals surface area contributed by atoms with Crippen LogP contribution in [0.15, 0.2) is 30.3 Å². The lowest BCUT2D eigenvalue weighted by Gasteiger charge is -2.32. The molecule has 1 saturated carbocycles. The highest BCUT2D eigenvalue weighted by atomic mass is 19.4. The highest BCUT2D eigenvalue weighted by Crippen LogP contribution is 2.32. The Morgan fingerprint density at radius 3 is 2.65 bits per heavy atom. The Labute approximate surface area is 182 Å². The zero-order valence-electron chi connectivity index (χ0n) is 18.2. The standard InChI is InChI=1S/C24H33F3N2O2/c1-2-31-17-23(30)28-22-8-6-18(7-9-22)10-13-29-14-11-19(12-15-29)20-4-3-5-21(16-20)24(25,26)27/h3-5,11,16,18,22H,2,6-10,12-15,17H2,1H3,(H,28,30)/t18-,22-. The average Bonchev–Trinajstić information content (AvgIpc) is 2.77. The number of alkyl halides is 3. The van der Waals surface area contributed by atoms with Gasteiger partial charge in [0.2, 0.25) is 5.91 Å². The van der Waals surface area contributed by atoms with Gasteiger partial charge in [0.15, 0.2) is 0 Å². The van der Waals surface area contributed by atoms with Crippen LogP contribution in [0.25, 0.3) is 5.57 Å². The van der Waals surface area contributed by atoms with Crippen molar-refractivity contribution in [3.05, 3.63) is 41.5 Å². The lowest BCUT2D eigenvalue weighted by Crippen LogP contribution is -2.40. The van der Waals surface area contributed by atoms with E-state index in [2.05, 4.69) is 16.3 Å². The van der Waals surface area contributed by atoms with Crippen LogP contribution in [0.3, 0.4) is 0 Å². The van der Waals surface area contributed by atoms with E-state index in [0.717, 1.165) is 69.8 Å². The average molecular weight is 439 g/mol. The summed E-state index contributed by atoms with van der Waals surface area (Å²) in [5, 5.41) is 3.06. The highest BCUT2D eigenvalue weighted by Gasteiger charge is 2.30. The van der Waals surface area contributed by atoms with Gasteiger partial charge in [-0.05, 0) is 81.2 Å². The van der Waals surface area contributed by atoms with Crippen LogP contribution in [-0.2, 0) is 15.7 Å². The fourth-order valence-corrected chi connectivity index (χ4v) is 4.50. The van der Waals surface area contributed by atoms with Gasteiger partial charge in [0.05, 0.1) is 5.56 Å². The summed E-state index contributed by atoms with van der Waals surface area (Å²) in [5.41, 5.74) is 1.10. The first kappa shape index (κ1) is 23.8. The quantitative estimate of drug-likeness (QED) is 0.628. The number of hydrogen-bond donors (Lipinski definition) is 1. The Balaban J connectivity index is 1.39. The molecule has 3 rings (SSSR count). The summed E-state index contributed by atoms with van der Waals surface area (Å²) >= 11 is 0. The molecule has 1 aliphatic heterocycles. The van der Waals surface area contributed by atoms with Gasteiger partial charge in [0, 0.05) is 25.7 Å². The third-order valence-corrected chi connectivity index (χ3v) is 6.36. The number of halogens is 3. The van der Waals surface area contributed by atoms with Crippen molar-refractivity contribution in [2.75, 3.05) is 32.8 Å². The van der Waals surface area contributed by atoms with Crippen LogP contribution >= 0.6 is 0 Å². The van der Waals surface area contributed by atoms with Crippen molar-refractivity contribution in [3.63, 3.8) is 0 Å². The van der Waals surface area contributed by atoms with Gasteiger partial charge in [-0.25, -0.2) is 0 Å². The molecule has 0 bridgehead atoms. The maximum absolute atomic E-state index is 13.0. The fourth-order valence-electron chi connectivity index (χ4n) is 4.50. The van der Waals surface area contributed by atoms with Crippen molar-refractivity contribution >= 4 is 11.5 Å². The summed E-state index contributed by atoms with van der Waals surface area (Å²) in [7, 11) is 0. The first-order valence-electron chi connectivity index (χ1n) is 11.3. The zero-order chi connectivity index (χ0) is 22.3. The summed E-state index contributed by atoms with van der Waals surface area (Å²) < 4.78 is 44.0. The summed E-state index contributed by atoms with van der Waals surface area (Å²) in [4.78, 5) is 14.2. The molecule has 0 unspecified atom stereocenters. The number of amides is 1. The van der Waals surface area contributed by atoms with Crippen LogP contribution in [0, 0.1) is 5.92 Å². The maximum atomic E-state index is 13.0. The second-order valence-corrected chi connectivity index (χ2v) is 8.57. The number of carbonyl (C=O) groups is 1. The molecule has 1 fully saturated rings. The van der Waals surface area contributed by atoms with E-state index in [9.17, 15) is 18.0 Å². The number of hydrogen-bond acceptors (Lipinski definition) is 3. The minimum Gasteiger partial charge on any atom is -0.372 e. The minimum atomic E-state index is -4.30. The number of nitrogens with zero attached hydrogens (tertiary/aromatic N) is 1. The number of benzene rings is 1. The molecular formula is C24H33F3N2O2. The molecule has 0 atom stereocenters. The van der Waals surface area contributed by atoms with Gasteiger partial charge in [0.1, 0.15) is 6.61 Å². The summed E-state index contributed by atoms with van der Waals surface area (Å²) in [6.07, 6.45) is 3.96. The van der Waals surface area contributed by atoms with Crippen LogP contribution in [0.5, 0.6) is 0 Å². The molecule has 172 valence electrons. The highest BCUT2D eigenvalue weighted by molar-refractivity contribution is 5.77. The number of carbonyl (C=O) groups excluding carboxylic acids is 1. The summed E-state index contributed by atoms with van der Waals surface area (Å²) in [5.74, 6) is 0.649. The van der Waals surface area contributed by atoms with E-state index < -0.39 is 11.7 Å². The second-order valence-electron chi connectivity index (χ2n) is 8.57. The van der Waals surface area contributed by atoms with Crippen molar-refractivity contribution in [1.82, 2.24) is 10.2 Å². The van der Waals surface area contributed by atoms with Gasteiger partial charge >= 0.3 is 6.18 Å². The van der Waals surface area contributed by atoms with Crippen molar-refractivity contribution in [2.45, 2.75) is 57.7 Å². The predicted molar refractivity (Wildman–Crippen MR) is 115 cm³/mol. The topological polar surface area (TPSA) is 41.6 Å². The number of rotatable bonds is 8. The van der Waals surface area contributed by atoms with E-state index >= 15 is 0 Å². The fraction of sp³-hybridized carbons (Fsp3) is 0.625. The van der Waals surface area contributed by atoms with Gasteiger partial charge in [0.25, 0.3) is 0 Å². The van der Waals surface area contributed by atoms with E-state index in [1.165, 1.54) is 12.1 Å². The van der Waals surface area contributed by atoms with Gasteiger partial charge in [-0.2, -0.15) is 13.2 Å². The monoisotopic (exact) mass is 438 g/mol. The van der Waals surface area contributed by atoms with Gasteiger partial charge in [-0.3, -0.25) is 9.69 Å². The van der Waals surface area contributed by atoms with E-state index in [4.69, 9.17) is 4.74 Å². The Morgan fingerprint density at radius 1 is 1.23 bits per heavy atom. The Kier molecular flexibility index (Phi) is 8.55. The van der Waals surface area contributed by atoms with Crippen LogP contribution in [0.4, 0.5) is 13.2 Å². The van der Waals surface area contributed by atoms with E-state index in [0.29, 0.717) is 18.1 Å². The molecule has 1 heterocycles. The van der Waals surface area contributed by atoms with Gasteiger partial charge in [-0.15, -0.1) is 0 Å². The second kappa shape index (κ2) is 11.1. The van der Waals surface area contributed by atoms with Crippen LogP contribution in [0.1, 0.15) is 56.6 Å². The Bertz CT molecular complexity index is 755. The van der Waals surface area contributed by atoms with E-state index in [-0.39, 0.29) is 18.6 Å². The normalized spacial score (nSPS) is 22.8. The van der Waals surface area contributed by atoms with Gasteiger partial charge < -0.3 is 10.1 Å². The Hall–Kier alpha value is -1.86. The molecule has 0 spiro atoms. The minimum absolute atomic E-state index is 0.0259. The zero-order valence-corrected chi connectivity index (χ0v) is 18.2. The summed E-state index contributed by atoms with van der Waals surface area (Å²) in [6.45, 7) is 5.25. The SMILES string of the molecule is CCOCC(=O)N[C@H]1CC[C@H](CCN2CC=C(c3cccc(C(F)(F)F)c3)CC2)CC1. The molecule has 2 aliphatic rings. The Morgan fingerprint density at radius 2 is 2.00 bits per heavy atom. The first-order valence-corrected chi connectivity index (χ1v) is 11.3. The van der Waals surface area contributed by atoms with Crippen LogP contribution < -0.4 is 5.32 Å². The first-order chi connectivity index (χ1) is 14.8. The third-order valence-electron chi connectivity index (χ3n) is 6.36. The van der Waals surface area contributed by atoms with Crippen molar-refractivity contribution in [1.29, 1.82) is 0 Å². The molecule has 1 aromatic rings. The largest absolute Gasteiger partial charge is 0.416 e. The molecule has 1 aliphatic carbocycles. The van der Waals surface area contributed by atoms with E-state index in [1.54, 1.807) is 6.07 Å². The molecule has 0 radical (unpaired) electrons. The van der Waals surface area contributed by atoms with Crippen molar-refractivity contribution < 1.29 is 22.7 Å². The molecule has 7 heteroatoms. The molecule has 1 N–H and O–H groups in total. The van der Waals surface area contributed by atoms with Crippen molar-refractivity contribution in [2.24, 2.45) is 5.92 Å². The van der Waals surface area contributed by atoms with Crippen LogP contribution in [-0.4, -0.2) is 49.7 Å². The molecule has 4 nitrogen and oxygen atoms in total.